The quantitative estimate of drug-likeness (QED) is 0.516. The second kappa shape index (κ2) is 3.66. The predicted molar refractivity (Wildman–Crippen MR) is 51.2 cm³/mol. The minimum absolute atomic E-state index is 0.245. The average Bonchev–Trinajstić information content (AvgIpc) is 1.96. The fraction of sp³-hybridized carbons (Fsp3) is 0.125. The topological polar surface area (TPSA) is 38.9 Å². The number of nitrogens with two attached hydrogens (primary N) is 1. The molecule has 0 aromatic carbocycles. The molecule has 0 saturated carbocycles. The van der Waals surface area contributed by atoms with Crippen LogP contribution in [0.25, 0.3) is 0 Å². The normalized spacial score (nSPS) is 8.92. The molecule has 0 amide bonds. The van der Waals surface area contributed by atoms with Crippen LogP contribution in [0, 0.1) is 11.8 Å². The second-order valence-electron chi connectivity index (χ2n) is 2.08. The molecule has 62 valence electrons. The number of halogens is 2. The molecule has 1 aromatic heterocycles. The maximum absolute atomic E-state index is 5.74. The van der Waals surface area contributed by atoms with Crippen molar-refractivity contribution in [2.75, 3.05) is 5.73 Å². The van der Waals surface area contributed by atoms with Gasteiger partial charge in [0.15, 0.2) is 0 Å². The Morgan fingerprint density at radius 1 is 1.50 bits per heavy atom. The molecule has 12 heavy (non-hydrogen) atoms. The lowest BCUT2D eigenvalue weighted by molar-refractivity contribution is 1.31. The molecule has 0 aliphatic rings. The van der Waals surface area contributed by atoms with E-state index < -0.39 is 0 Å². The molecule has 2 N–H and O–H groups in total. The largest absolute Gasteiger partial charge is 0.398 e. The standard InChI is InChI=1S/C8H6Cl2N2/c1-2-3-5-6(11)4-7(9)12-8(5)10/h4H,1H3,(H2,11,12). The molecule has 0 atom stereocenters. The van der Waals surface area contributed by atoms with Crippen molar-refractivity contribution >= 4 is 28.9 Å². The molecule has 0 fully saturated rings. The van der Waals surface area contributed by atoms with Crippen LogP contribution in [-0.2, 0) is 0 Å². The molecule has 4 heteroatoms. The van der Waals surface area contributed by atoms with Crippen molar-refractivity contribution in [3.63, 3.8) is 0 Å². The zero-order valence-electron chi connectivity index (χ0n) is 6.36. The van der Waals surface area contributed by atoms with Gasteiger partial charge < -0.3 is 5.73 Å². The van der Waals surface area contributed by atoms with Gasteiger partial charge in [0.2, 0.25) is 0 Å². The van der Waals surface area contributed by atoms with Gasteiger partial charge in [-0.25, -0.2) is 4.98 Å². The van der Waals surface area contributed by atoms with Crippen LogP contribution >= 0.6 is 23.2 Å². The maximum atomic E-state index is 5.74. The molecular weight excluding hydrogens is 195 g/mol. The van der Waals surface area contributed by atoms with Crippen LogP contribution in [-0.4, -0.2) is 4.98 Å². The van der Waals surface area contributed by atoms with Gasteiger partial charge in [-0.15, -0.1) is 5.92 Å². The molecule has 0 aliphatic carbocycles. The van der Waals surface area contributed by atoms with Gasteiger partial charge in [0.1, 0.15) is 10.3 Å². The van der Waals surface area contributed by atoms with Crippen molar-refractivity contribution < 1.29 is 0 Å². The molecule has 1 rings (SSSR count). The first-order valence-electron chi connectivity index (χ1n) is 3.19. The van der Waals surface area contributed by atoms with Crippen LogP contribution in [0.3, 0.4) is 0 Å². The van der Waals surface area contributed by atoms with Crippen LogP contribution in [0.2, 0.25) is 10.3 Å². The molecule has 0 spiro atoms. The monoisotopic (exact) mass is 200 g/mol. The first kappa shape index (κ1) is 9.18. The van der Waals surface area contributed by atoms with Crippen molar-refractivity contribution in [2.45, 2.75) is 6.92 Å². The number of aromatic nitrogens is 1. The summed E-state index contributed by atoms with van der Waals surface area (Å²) in [5, 5.41) is 0.522. The molecule has 0 bridgehead atoms. The van der Waals surface area contributed by atoms with E-state index in [9.17, 15) is 0 Å². The second-order valence-corrected chi connectivity index (χ2v) is 2.82. The molecular formula is C8H6Cl2N2. The van der Waals surface area contributed by atoms with Crippen molar-refractivity contribution in [1.29, 1.82) is 0 Å². The lowest BCUT2D eigenvalue weighted by atomic mass is 10.2. The fourth-order valence-electron chi connectivity index (χ4n) is 0.750. The highest BCUT2D eigenvalue weighted by atomic mass is 35.5. The Bertz CT molecular complexity index is 340. The summed E-state index contributed by atoms with van der Waals surface area (Å²) < 4.78 is 0. The van der Waals surface area contributed by atoms with E-state index in [0.29, 0.717) is 11.3 Å². The highest BCUT2D eigenvalue weighted by molar-refractivity contribution is 6.33. The van der Waals surface area contributed by atoms with Gasteiger partial charge in [0.05, 0.1) is 11.3 Å². The Morgan fingerprint density at radius 3 is 2.67 bits per heavy atom. The third-order valence-electron chi connectivity index (χ3n) is 1.22. The van der Waals surface area contributed by atoms with E-state index in [2.05, 4.69) is 16.8 Å². The van der Waals surface area contributed by atoms with Gasteiger partial charge >= 0.3 is 0 Å². The van der Waals surface area contributed by atoms with Crippen molar-refractivity contribution in [3.05, 3.63) is 21.9 Å². The van der Waals surface area contributed by atoms with Gasteiger partial charge in [-0.2, -0.15) is 0 Å². The number of nitrogen functional groups attached to an aromatic ring is 1. The summed E-state index contributed by atoms with van der Waals surface area (Å²) in [4.78, 5) is 3.80. The number of rotatable bonds is 0. The van der Waals surface area contributed by atoms with E-state index in [4.69, 9.17) is 28.9 Å². The molecule has 0 saturated heterocycles. The van der Waals surface area contributed by atoms with E-state index >= 15 is 0 Å². The Hall–Kier alpha value is -0.910. The number of hydrogen-bond acceptors (Lipinski definition) is 2. The molecule has 1 aromatic rings. The highest BCUT2D eigenvalue weighted by Gasteiger charge is 2.04. The summed E-state index contributed by atoms with van der Waals surface area (Å²) in [7, 11) is 0. The van der Waals surface area contributed by atoms with Crippen molar-refractivity contribution in [2.24, 2.45) is 0 Å². The van der Waals surface area contributed by atoms with Crippen LogP contribution in [0.5, 0.6) is 0 Å². The summed E-state index contributed by atoms with van der Waals surface area (Å²) >= 11 is 11.3. The smallest absolute Gasteiger partial charge is 0.148 e. The van der Waals surface area contributed by atoms with Gasteiger partial charge in [-0.3, -0.25) is 0 Å². The Labute approximate surface area is 80.7 Å². The first-order chi connectivity index (χ1) is 5.65. The van der Waals surface area contributed by atoms with E-state index in [0.717, 1.165) is 0 Å². The van der Waals surface area contributed by atoms with Gasteiger partial charge in [-0.05, 0) is 13.0 Å². The van der Waals surface area contributed by atoms with E-state index in [1.807, 2.05) is 0 Å². The Morgan fingerprint density at radius 2 is 2.17 bits per heavy atom. The summed E-state index contributed by atoms with van der Waals surface area (Å²) in [6, 6.07) is 1.52. The van der Waals surface area contributed by atoms with Gasteiger partial charge in [0.25, 0.3) is 0 Å². The Kier molecular flexibility index (Phi) is 2.80. The number of pyridine rings is 1. The SMILES string of the molecule is CC#Cc1c(N)cc(Cl)nc1Cl. The third-order valence-corrected chi connectivity index (χ3v) is 1.69. The lowest BCUT2D eigenvalue weighted by Crippen LogP contribution is -1.93. The zero-order chi connectivity index (χ0) is 9.14. The van der Waals surface area contributed by atoms with Crippen LogP contribution in [0.1, 0.15) is 12.5 Å². The number of hydrogen-bond donors (Lipinski definition) is 1. The van der Waals surface area contributed by atoms with Crippen molar-refractivity contribution in [3.8, 4) is 11.8 Å². The first-order valence-corrected chi connectivity index (χ1v) is 3.95. The molecule has 0 radical (unpaired) electrons. The summed E-state index contributed by atoms with van der Waals surface area (Å²) in [6.45, 7) is 1.70. The third kappa shape index (κ3) is 1.82. The van der Waals surface area contributed by atoms with E-state index in [1.165, 1.54) is 6.07 Å². The van der Waals surface area contributed by atoms with Crippen molar-refractivity contribution in [1.82, 2.24) is 4.98 Å². The average molecular weight is 201 g/mol. The zero-order valence-corrected chi connectivity index (χ0v) is 7.87. The predicted octanol–water partition coefficient (Wildman–Crippen LogP) is 2.34. The van der Waals surface area contributed by atoms with Crippen LogP contribution < -0.4 is 5.73 Å². The van der Waals surface area contributed by atoms with Gasteiger partial charge in [-0.1, -0.05) is 29.1 Å². The van der Waals surface area contributed by atoms with E-state index in [-0.39, 0.29) is 10.3 Å². The molecule has 2 nitrogen and oxygen atoms in total. The molecule has 1 heterocycles. The van der Waals surface area contributed by atoms with E-state index in [1.54, 1.807) is 6.92 Å². The van der Waals surface area contributed by atoms with Crippen LogP contribution in [0.4, 0.5) is 5.69 Å². The highest BCUT2D eigenvalue weighted by Crippen LogP contribution is 2.22. The molecule has 0 aliphatic heterocycles. The summed E-state index contributed by atoms with van der Waals surface area (Å²) in [5.74, 6) is 5.43. The Balaban J connectivity index is 3.34. The number of anilines is 1. The lowest BCUT2D eigenvalue weighted by Gasteiger charge is -2.00. The van der Waals surface area contributed by atoms with Crippen LogP contribution in [0.15, 0.2) is 6.07 Å². The number of nitrogens with zero attached hydrogens (tertiary/aromatic N) is 1. The minimum atomic E-state index is 0.245. The minimum Gasteiger partial charge on any atom is -0.398 e. The van der Waals surface area contributed by atoms with Gasteiger partial charge in [0, 0.05) is 0 Å². The maximum Gasteiger partial charge on any atom is 0.148 e. The summed E-state index contributed by atoms with van der Waals surface area (Å²) in [5.41, 5.74) is 6.58. The molecule has 0 unspecified atom stereocenters. The fourth-order valence-corrected chi connectivity index (χ4v) is 1.24. The summed E-state index contributed by atoms with van der Waals surface area (Å²) in [6.07, 6.45) is 0.